The molecule has 8 heteroatoms. The van der Waals surface area contributed by atoms with Gasteiger partial charge >= 0.3 is 0 Å². The van der Waals surface area contributed by atoms with Crippen molar-refractivity contribution in [2.75, 3.05) is 19.7 Å². The van der Waals surface area contributed by atoms with Crippen LogP contribution in [0.4, 0.5) is 0 Å². The zero-order valence-electron chi connectivity index (χ0n) is 10.3. The second kappa shape index (κ2) is 12.5. The molecule has 2 unspecified atom stereocenters. The van der Waals surface area contributed by atoms with Crippen LogP contribution in [0.2, 0.25) is 0 Å². The Hall–Kier alpha value is -1.94. The first-order valence-electron chi connectivity index (χ1n) is 5.70. The third-order valence-corrected chi connectivity index (χ3v) is 2.19. The third kappa shape index (κ3) is 9.73. The number of isocyanates is 3. The molecular formula is C11H15N3O5. The summed E-state index contributed by atoms with van der Waals surface area (Å²) in [4.78, 5) is 39.9. The fraction of sp³-hybridized carbons (Fsp3) is 0.727. The van der Waals surface area contributed by atoms with Gasteiger partial charge in [-0.05, 0) is 19.3 Å². The number of rotatable bonds is 11. The highest BCUT2D eigenvalue weighted by molar-refractivity contribution is 5.33. The first-order valence-corrected chi connectivity index (χ1v) is 5.70. The van der Waals surface area contributed by atoms with Crippen molar-refractivity contribution in [3.8, 4) is 0 Å². The van der Waals surface area contributed by atoms with E-state index in [0.717, 1.165) is 0 Å². The average molecular weight is 269 g/mol. The predicted octanol–water partition coefficient (Wildman–Crippen LogP) is -0.132. The molecule has 0 fully saturated rings. The Balaban J connectivity index is 4.03. The molecule has 2 atom stereocenters. The number of aliphatic hydroxyl groups is 1. The maximum atomic E-state index is 10.2. The lowest BCUT2D eigenvalue weighted by Crippen LogP contribution is -2.28. The van der Waals surface area contributed by atoms with Gasteiger partial charge in [-0.25, -0.2) is 24.4 Å². The maximum absolute atomic E-state index is 10.2. The second-order valence-corrected chi connectivity index (χ2v) is 3.49. The van der Waals surface area contributed by atoms with Crippen molar-refractivity contribution < 1.29 is 24.2 Å². The fourth-order valence-corrected chi connectivity index (χ4v) is 1.30. The van der Waals surface area contributed by atoms with Crippen molar-refractivity contribution in [1.82, 2.24) is 0 Å². The first kappa shape index (κ1) is 17.1. The van der Waals surface area contributed by atoms with E-state index in [1.54, 1.807) is 0 Å². The van der Waals surface area contributed by atoms with E-state index in [1.807, 2.05) is 0 Å². The van der Waals surface area contributed by atoms with Gasteiger partial charge in [-0.3, -0.25) is 0 Å². The lowest BCUT2D eigenvalue weighted by molar-refractivity contribution is -0.111. The molecule has 0 radical (unpaired) electrons. The largest absolute Gasteiger partial charge is 0.366 e. The van der Waals surface area contributed by atoms with Crippen LogP contribution in [0.1, 0.15) is 19.3 Å². The van der Waals surface area contributed by atoms with Gasteiger partial charge in [0.05, 0.1) is 19.7 Å². The first-order chi connectivity index (χ1) is 9.26. The summed E-state index contributed by atoms with van der Waals surface area (Å²) in [6, 6.07) is -0.738. The lowest BCUT2D eigenvalue weighted by atomic mass is 10.1. The summed E-state index contributed by atoms with van der Waals surface area (Å²) in [6.45, 7) is 0.439. The Morgan fingerprint density at radius 2 is 1.68 bits per heavy atom. The number of nitrogens with zero attached hydrogens (tertiary/aromatic N) is 3. The van der Waals surface area contributed by atoms with Crippen LogP contribution in [0.15, 0.2) is 15.0 Å². The van der Waals surface area contributed by atoms with Crippen LogP contribution in [-0.4, -0.2) is 55.4 Å². The summed E-state index contributed by atoms with van der Waals surface area (Å²) >= 11 is 0. The Labute approximate surface area is 109 Å². The van der Waals surface area contributed by atoms with E-state index in [2.05, 4.69) is 15.0 Å². The molecule has 0 heterocycles. The van der Waals surface area contributed by atoms with Crippen molar-refractivity contribution in [2.45, 2.75) is 31.6 Å². The molecular weight excluding hydrogens is 254 g/mol. The van der Waals surface area contributed by atoms with Crippen molar-refractivity contribution >= 4 is 18.2 Å². The highest BCUT2D eigenvalue weighted by atomic mass is 16.6. The third-order valence-electron chi connectivity index (χ3n) is 2.19. The highest BCUT2D eigenvalue weighted by Gasteiger charge is 2.18. The van der Waals surface area contributed by atoms with Gasteiger partial charge in [0.25, 0.3) is 0 Å². The smallest absolute Gasteiger partial charge is 0.235 e. The molecule has 0 aromatic rings. The predicted molar refractivity (Wildman–Crippen MR) is 63.7 cm³/mol. The topological polar surface area (TPSA) is 118 Å². The highest BCUT2D eigenvalue weighted by Crippen LogP contribution is 2.10. The number of ether oxygens (including phenoxy) is 1. The number of hydrogen-bond donors (Lipinski definition) is 1. The van der Waals surface area contributed by atoms with Gasteiger partial charge in [-0.15, -0.1) is 0 Å². The van der Waals surface area contributed by atoms with Crippen molar-refractivity contribution in [3.63, 3.8) is 0 Å². The van der Waals surface area contributed by atoms with E-state index in [0.29, 0.717) is 25.8 Å². The van der Waals surface area contributed by atoms with E-state index in [9.17, 15) is 19.5 Å². The molecule has 0 aromatic heterocycles. The minimum Gasteiger partial charge on any atom is -0.366 e. The number of aliphatic imine (C=N–C) groups is 3. The molecule has 1 N–H and O–H groups in total. The van der Waals surface area contributed by atoms with Gasteiger partial charge in [0, 0.05) is 0 Å². The van der Waals surface area contributed by atoms with Crippen LogP contribution >= 0.6 is 0 Å². The monoisotopic (exact) mass is 269 g/mol. The number of unbranched alkanes of at least 4 members (excludes halogenated alkanes) is 1. The quantitative estimate of drug-likeness (QED) is 0.242. The molecule has 0 aliphatic heterocycles. The van der Waals surface area contributed by atoms with Gasteiger partial charge in [-0.1, -0.05) is 0 Å². The van der Waals surface area contributed by atoms with Gasteiger partial charge in [0.15, 0.2) is 6.29 Å². The van der Waals surface area contributed by atoms with Gasteiger partial charge in [0.2, 0.25) is 18.2 Å². The minimum absolute atomic E-state index is 0.0245. The molecule has 0 bridgehead atoms. The maximum Gasteiger partial charge on any atom is 0.235 e. The normalized spacial score (nSPS) is 12.5. The molecule has 19 heavy (non-hydrogen) atoms. The van der Waals surface area contributed by atoms with Crippen LogP contribution in [0.25, 0.3) is 0 Å². The molecule has 0 saturated carbocycles. The van der Waals surface area contributed by atoms with Crippen LogP contribution in [-0.2, 0) is 19.1 Å². The molecule has 0 aromatic carbocycles. The molecule has 0 saturated heterocycles. The minimum atomic E-state index is -1.27. The average Bonchev–Trinajstić information content (AvgIpc) is 2.42. The van der Waals surface area contributed by atoms with Crippen molar-refractivity contribution in [2.24, 2.45) is 15.0 Å². The molecule has 0 rings (SSSR count). The van der Waals surface area contributed by atoms with E-state index in [1.165, 1.54) is 18.2 Å². The number of hydrogen-bond acceptors (Lipinski definition) is 8. The zero-order chi connectivity index (χ0) is 14.3. The SMILES string of the molecule is O=C=NCCCCC(N=C=O)C(O)OCCN=C=O. The second-order valence-electron chi connectivity index (χ2n) is 3.49. The van der Waals surface area contributed by atoms with Crippen LogP contribution in [0.3, 0.4) is 0 Å². The van der Waals surface area contributed by atoms with Crippen molar-refractivity contribution in [3.05, 3.63) is 0 Å². The number of aliphatic hydroxyl groups excluding tert-OH is 1. The van der Waals surface area contributed by atoms with Crippen molar-refractivity contribution in [1.29, 1.82) is 0 Å². The van der Waals surface area contributed by atoms with Crippen LogP contribution in [0, 0.1) is 0 Å². The molecule has 104 valence electrons. The standard InChI is InChI=1S/C11H15N3O5/c15-7-12-4-2-1-3-10(14-9-17)11(18)19-6-5-13-8-16/h10-11,18H,1-6H2. The van der Waals surface area contributed by atoms with E-state index in [4.69, 9.17) is 4.74 Å². The van der Waals surface area contributed by atoms with Gasteiger partial charge in [-0.2, -0.15) is 4.99 Å². The summed E-state index contributed by atoms with van der Waals surface area (Å²) in [5.41, 5.74) is 0. The molecule has 0 spiro atoms. The molecule has 8 nitrogen and oxygen atoms in total. The van der Waals surface area contributed by atoms with Crippen LogP contribution < -0.4 is 0 Å². The zero-order valence-corrected chi connectivity index (χ0v) is 10.3. The van der Waals surface area contributed by atoms with E-state index in [-0.39, 0.29) is 13.2 Å². The van der Waals surface area contributed by atoms with E-state index >= 15 is 0 Å². The Morgan fingerprint density at radius 1 is 1.00 bits per heavy atom. The summed E-state index contributed by atoms with van der Waals surface area (Å²) in [7, 11) is 0. The molecule has 0 aliphatic rings. The summed E-state index contributed by atoms with van der Waals surface area (Å²) in [5, 5.41) is 9.62. The fourth-order valence-electron chi connectivity index (χ4n) is 1.30. The Morgan fingerprint density at radius 3 is 2.32 bits per heavy atom. The van der Waals surface area contributed by atoms with Gasteiger partial charge in [0.1, 0.15) is 6.04 Å². The molecule has 0 aliphatic carbocycles. The molecule has 0 amide bonds. The Bertz CT molecular complexity index is 382. The Kier molecular flexibility index (Phi) is 11.2. The van der Waals surface area contributed by atoms with Gasteiger partial charge < -0.3 is 9.84 Å². The number of carbonyl (C=O) groups excluding carboxylic acids is 3. The summed E-state index contributed by atoms with van der Waals surface area (Å²) in [5.74, 6) is 0. The van der Waals surface area contributed by atoms with Crippen LogP contribution in [0.5, 0.6) is 0 Å². The summed E-state index contributed by atoms with van der Waals surface area (Å²) < 4.78 is 4.96. The lowest BCUT2D eigenvalue weighted by Gasteiger charge is -2.17. The summed E-state index contributed by atoms with van der Waals surface area (Å²) in [6.07, 6.45) is 4.46. The van der Waals surface area contributed by atoms with E-state index < -0.39 is 12.3 Å².